The molecule has 0 amide bonds. The molecule has 0 fully saturated rings. The first kappa shape index (κ1) is 16.8. The van der Waals surface area contributed by atoms with Crippen molar-refractivity contribution in [2.45, 2.75) is 11.4 Å². The number of benzene rings is 2. The van der Waals surface area contributed by atoms with Crippen molar-refractivity contribution in [2.24, 2.45) is 0 Å². The normalized spacial score (nSPS) is 11.2. The molecule has 0 atom stereocenters. The lowest BCUT2D eigenvalue weighted by atomic mass is 10.2. The van der Waals surface area contributed by atoms with Crippen molar-refractivity contribution in [1.82, 2.24) is 4.72 Å². The van der Waals surface area contributed by atoms with Crippen LogP contribution in [0.1, 0.15) is 5.56 Å². The second kappa shape index (κ2) is 7.13. The number of rotatable bonds is 6. The zero-order valence-electron chi connectivity index (χ0n) is 12.2. The largest absolute Gasteiger partial charge is 0.496 e. The fraction of sp³-hybridized carbons (Fsp3) is 0.200. The first-order chi connectivity index (χ1) is 10.5. The Morgan fingerprint density at radius 2 is 1.64 bits per heavy atom. The minimum Gasteiger partial charge on any atom is -0.496 e. The Balaban J connectivity index is 2.26. The van der Waals surface area contributed by atoms with Crippen molar-refractivity contribution in [3.8, 4) is 11.5 Å². The zero-order valence-corrected chi connectivity index (χ0v) is 14.6. The van der Waals surface area contributed by atoms with E-state index in [2.05, 4.69) is 20.7 Å². The highest BCUT2D eigenvalue weighted by Crippen LogP contribution is 2.28. The van der Waals surface area contributed by atoms with Gasteiger partial charge in [0, 0.05) is 11.0 Å². The summed E-state index contributed by atoms with van der Waals surface area (Å²) in [4.78, 5) is 0.190. The highest BCUT2D eigenvalue weighted by atomic mass is 79.9. The maximum Gasteiger partial charge on any atom is 0.240 e. The molecule has 0 saturated carbocycles. The van der Waals surface area contributed by atoms with Crippen LogP contribution in [0, 0.1) is 0 Å². The van der Waals surface area contributed by atoms with Crippen LogP contribution in [0.4, 0.5) is 0 Å². The molecule has 0 unspecified atom stereocenters. The molecule has 0 aliphatic heterocycles. The molecular weight excluding hydrogens is 370 g/mol. The first-order valence-electron chi connectivity index (χ1n) is 6.43. The van der Waals surface area contributed by atoms with Crippen molar-refractivity contribution in [3.63, 3.8) is 0 Å². The summed E-state index contributed by atoms with van der Waals surface area (Å²) in [7, 11) is -0.564. The smallest absolute Gasteiger partial charge is 0.240 e. The van der Waals surface area contributed by atoms with Crippen molar-refractivity contribution in [1.29, 1.82) is 0 Å². The highest BCUT2D eigenvalue weighted by Gasteiger charge is 2.17. The van der Waals surface area contributed by atoms with Crippen LogP contribution in [0.2, 0.25) is 0 Å². The summed E-state index contributed by atoms with van der Waals surface area (Å²) in [5.74, 6) is 1.13. The fourth-order valence-corrected chi connectivity index (χ4v) is 3.58. The molecular formula is C15H16BrNO4S. The number of halogens is 1. The molecule has 0 aromatic heterocycles. The van der Waals surface area contributed by atoms with Gasteiger partial charge in [-0.2, -0.15) is 0 Å². The highest BCUT2D eigenvalue weighted by molar-refractivity contribution is 9.10. The Labute approximate surface area is 138 Å². The summed E-state index contributed by atoms with van der Waals surface area (Å²) in [5, 5.41) is 0. The number of ether oxygens (including phenoxy) is 2. The van der Waals surface area contributed by atoms with Gasteiger partial charge in [0.15, 0.2) is 0 Å². The summed E-state index contributed by atoms with van der Waals surface area (Å²) < 4.78 is 38.5. The van der Waals surface area contributed by atoms with Crippen LogP contribution in [0.15, 0.2) is 51.8 Å². The maximum absolute atomic E-state index is 12.3. The third-order valence-corrected chi connectivity index (χ3v) is 4.97. The van der Waals surface area contributed by atoms with Gasteiger partial charge in [-0.15, -0.1) is 0 Å². The second-order valence-corrected chi connectivity index (χ2v) is 7.11. The van der Waals surface area contributed by atoms with E-state index in [1.165, 1.54) is 20.3 Å². The Kier molecular flexibility index (Phi) is 5.44. The van der Waals surface area contributed by atoms with Gasteiger partial charge in [0.05, 0.1) is 24.7 Å². The van der Waals surface area contributed by atoms with Gasteiger partial charge in [-0.05, 0) is 30.3 Å². The number of hydrogen-bond donors (Lipinski definition) is 1. The van der Waals surface area contributed by atoms with E-state index in [1.807, 2.05) is 0 Å². The predicted octanol–water partition coefficient (Wildman–Crippen LogP) is 2.94. The van der Waals surface area contributed by atoms with E-state index in [9.17, 15) is 8.42 Å². The molecule has 2 rings (SSSR count). The topological polar surface area (TPSA) is 64.6 Å². The molecule has 0 spiro atoms. The summed E-state index contributed by atoms with van der Waals surface area (Å²) in [6, 6.07) is 11.8. The zero-order chi connectivity index (χ0) is 16.2. The van der Waals surface area contributed by atoms with Crippen LogP contribution in [-0.2, 0) is 16.6 Å². The van der Waals surface area contributed by atoms with E-state index in [0.29, 0.717) is 21.5 Å². The monoisotopic (exact) mass is 385 g/mol. The lowest BCUT2D eigenvalue weighted by Crippen LogP contribution is -2.23. The van der Waals surface area contributed by atoms with E-state index in [-0.39, 0.29) is 11.4 Å². The van der Waals surface area contributed by atoms with E-state index in [4.69, 9.17) is 9.47 Å². The minimum absolute atomic E-state index is 0.0715. The van der Waals surface area contributed by atoms with Gasteiger partial charge in [-0.3, -0.25) is 0 Å². The van der Waals surface area contributed by atoms with Crippen LogP contribution in [0.3, 0.4) is 0 Å². The average Bonchev–Trinajstić information content (AvgIpc) is 2.52. The van der Waals surface area contributed by atoms with Gasteiger partial charge in [0.2, 0.25) is 10.0 Å². The average molecular weight is 386 g/mol. The van der Waals surface area contributed by atoms with E-state index in [0.717, 1.165) is 0 Å². The fourth-order valence-electron chi connectivity index (χ4n) is 1.99. The first-order valence-corrected chi connectivity index (χ1v) is 8.70. The standard InChI is InChI=1S/C15H16BrNO4S/c1-20-14-7-4-8-15(21-2)13(14)10-17-22(18,19)12-6-3-5-11(16)9-12/h3-9,17H,10H2,1-2H3. The van der Waals surface area contributed by atoms with E-state index < -0.39 is 10.0 Å². The maximum atomic E-state index is 12.3. The Hall–Kier alpha value is -1.57. The van der Waals surface area contributed by atoms with Gasteiger partial charge in [-0.1, -0.05) is 28.1 Å². The minimum atomic E-state index is -3.62. The number of sulfonamides is 1. The molecule has 0 aliphatic carbocycles. The van der Waals surface area contributed by atoms with Crippen LogP contribution < -0.4 is 14.2 Å². The van der Waals surface area contributed by atoms with Crippen molar-refractivity contribution in [2.75, 3.05) is 14.2 Å². The lowest BCUT2D eigenvalue weighted by Gasteiger charge is -2.14. The van der Waals surface area contributed by atoms with Crippen molar-refractivity contribution < 1.29 is 17.9 Å². The van der Waals surface area contributed by atoms with Gasteiger partial charge >= 0.3 is 0 Å². The molecule has 5 nitrogen and oxygen atoms in total. The van der Waals surface area contributed by atoms with Crippen molar-refractivity contribution >= 4 is 26.0 Å². The molecule has 118 valence electrons. The molecule has 7 heteroatoms. The van der Waals surface area contributed by atoms with Gasteiger partial charge in [0.25, 0.3) is 0 Å². The van der Waals surface area contributed by atoms with Gasteiger partial charge in [-0.25, -0.2) is 13.1 Å². The third-order valence-electron chi connectivity index (χ3n) is 3.08. The van der Waals surface area contributed by atoms with Crippen LogP contribution in [-0.4, -0.2) is 22.6 Å². The Morgan fingerprint density at radius 1 is 1.05 bits per heavy atom. The summed E-state index contributed by atoms with van der Waals surface area (Å²) in [6.45, 7) is 0.0715. The molecule has 1 N–H and O–H groups in total. The Bertz CT molecular complexity index is 740. The number of hydrogen-bond acceptors (Lipinski definition) is 4. The van der Waals surface area contributed by atoms with Gasteiger partial charge in [0.1, 0.15) is 11.5 Å². The second-order valence-electron chi connectivity index (χ2n) is 4.42. The number of methoxy groups -OCH3 is 2. The third kappa shape index (κ3) is 3.79. The quantitative estimate of drug-likeness (QED) is 0.829. The predicted molar refractivity (Wildman–Crippen MR) is 87.7 cm³/mol. The molecule has 0 saturated heterocycles. The molecule has 0 heterocycles. The van der Waals surface area contributed by atoms with Crippen LogP contribution in [0.25, 0.3) is 0 Å². The molecule has 2 aromatic carbocycles. The summed E-state index contributed by atoms with van der Waals surface area (Å²) in [6.07, 6.45) is 0. The van der Waals surface area contributed by atoms with Crippen LogP contribution >= 0.6 is 15.9 Å². The summed E-state index contributed by atoms with van der Waals surface area (Å²) in [5.41, 5.74) is 0.645. The lowest BCUT2D eigenvalue weighted by molar-refractivity contribution is 0.384. The molecule has 22 heavy (non-hydrogen) atoms. The SMILES string of the molecule is COc1cccc(OC)c1CNS(=O)(=O)c1cccc(Br)c1. The van der Waals surface area contributed by atoms with E-state index in [1.54, 1.807) is 36.4 Å². The molecule has 0 aliphatic rings. The van der Waals surface area contributed by atoms with Gasteiger partial charge < -0.3 is 9.47 Å². The van der Waals surface area contributed by atoms with Crippen molar-refractivity contribution in [3.05, 3.63) is 52.5 Å². The Morgan fingerprint density at radius 3 is 2.18 bits per heavy atom. The number of nitrogens with one attached hydrogen (secondary N) is 1. The molecule has 2 aromatic rings. The summed E-state index contributed by atoms with van der Waals surface area (Å²) >= 11 is 3.26. The van der Waals surface area contributed by atoms with Crippen LogP contribution in [0.5, 0.6) is 11.5 Å². The molecule has 0 radical (unpaired) electrons. The van der Waals surface area contributed by atoms with E-state index >= 15 is 0 Å². The molecule has 0 bridgehead atoms.